The lowest BCUT2D eigenvalue weighted by Gasteiger charge is -2.26. The van der Waals surface area contributed by atoms with E-state index in [1.165, 1.54) is 5.56 Å². The van der Waals surface area contributed by atoms with E-state index in [9.17, 15) is 13.2 Å². The minimum Gasteiger partial charge on any atom is -0.348 e. The molecule has 1 aromatic heterocycles. The Bertz CT molecular complexity index is 1090. The van der Waals surface area contributed by atoms with E-state index in [2.05, 4.69) is 16.4 Å². The number of hydrogen-bond donors (Lipinski definition) is 1. The first-order valence-electron chi connectivity index (χ1n) is 9.14. The molecule has 0 aliphatic heterocycles. The molecule has 1 atom stereocenters. The van der Waals surface area contributed by atoms with Crippen molar-refractivity contribution in [3.63, 3.8) is 0 Å². The molecule has 144 valence electrons. The quantitative estimate of drug-likeness (QED) is 0.692. The van der Waals surface area contributed by atoms with Crippen LogP contribution >= 0.6 is 11.3 Å². The average molecular weight is 413 g/mol. The van der Waals surface area contributed by atoms with Gasteiger partial charge in [0.15, 0.2) is 0 Å². The molecule has 5 nitrogen and oxygen atoms in total. The number of thiazole rings is 1. The van der Waals surface area contributed by atoms with Gasteiger partial charge in [-0.1, -0.05) is 54.6 Å². The van der Waals surface area contributed by atoms with Gasteiger partial charge < -0.3 is 5.32 Å². The third-order valence-corrected chi connectivity index (χ3v) is 7.79. The summed E-state index contributed by atoms with van der Waals surface area (Å²) in [6, 6.07) is 17.2. The standard InChI is InChI=1S/C21H20N2O3S2/c24-20(22-18-12-6-10-15-7-4-5-11-17(15)18)14-28(25,26)21-23-19(13-27-21)16-8-2-1-3-9-16/h1-5,7-9,11,13,18H,6,10,12,14H2,(H,22,24)/t18-/m1/s1. The molecule has 7 heteroatoms. The number of carbonyl (C=O) groups excluding carboxylic acids is 1. The molecule has 0 radical (unpaired) electrons. The molecule has 28 heavy (non-hydrogen) atoms. The fourth-order valence-electron chi connectivity index (χ4n) is 3.52. The Hall–Kier alpha value is -2.51. The summed E-state index contributed by atoms with van der Waals surface area (Å²) < 4.78 is 25.3. The Morgan fingerprint density at radius 1 is 1.11 bits per heavy atom. The zero-order valence-corrected chi connectivity index (χ0v) is 16.8. The number of carbonyl (C=O) groups is 1. The van der Waals surface area contributed by atoms with Crippen molar-refractivity contribution in [2.45, 2.75) is 29.6 Å². The highest BCUT2D eigenvalue weighted by atomic mass is 32.2. The number of nitrogens with one attached hydrogen (secondary N) is 1. The van der Waals surface area contributed by atoms with Crippen molar-refractivity contribution in [3.05, 3.63) is 71.1 Å². The van der Waals surface area contributed by atoms with Crippen molar-refractivity contribution in [1.29, 1.82) is 0 Å². The normalized spacial score (nSPS) is 16.4. The van der Waals surface area contributed by atoms with E-state index in [-0.39, 0.29) is 10.4 Å². The first-order valence-corrected chi connectivity index (χ1v) is 11.7. The highest BCUT2D eigenvalue weighted by Crippen LogP contribution is 2.30. The second-order valence-electron chi connectivity index (χ2n) is 6.83. The van der Waals surface area contributed by atoms with Crippen molar-refractivity contribution >= 4 is 27.1 Å². The third kappa shape index (κ3) is 4.00. The monoisotopic (exact) mass is 412 g/mol. The summed E-state index contributed by atoms with van der Waals surface area (Å²) in [5, 5.41) is 4.60. The van der Waals surface area contributed by atoms with Gasteiger partial charge >= 0.3 is 0 Å². The average Bonchev–Trinajstić information content (AvgIpc) is 3.20. The van der Waals surface area contributed by atoms with Gasteiger partial charge in [-0.3, -0.25) is 4.79 Å². The number of nitrogens with zero attached hydrogens (tertiary/aromatic N) is 1. The van der Waals surface area contributed by atoms with Crippen LogP contribution in [0.4, 0.5) is 0 Å². The van der Waals surface area contributed by atoms with Crippen LogP contribution in [0, 0.1) is 0 Å². The van der Waals surface area contributed by atoms with Gasteiger partial charge in [-0.2, -0.15) is 0 Å². The Morgan fingerprint density at radius 3 is 2.68 bits per heavy atom. The molecule has 0 saturated heterocycles. The molecule has 4 rings (SSSR count). The summed E-state index contributed by atoms with van der Waals surface area (Å²) in [4.78, 5) is 16.7. The van der Waals surface area contributed by atoms with Gasteiger partial charge in [0.1, 0.15) is 5.75 Å². The summed E-state index contributed by atoms with van der Waals surface area (Å²) in [7, 11) is -3.78. The zero-order valence-electron chi connectivity index (χ0n) is 15.2. The van der Waals surface area contributed by atoms with Crippen molar-refractivity contribution in [2.24, 2.45) is 0 Å². The maximum Gasteiger partial charge on any atom is 0.236 e. The van der Waals surface area contributed by atoms with Crippen LogP contribution in [-0.4, -0.2) is 25.1 Å². The predicted octanol–water partition coefficient (Wildman–Crippen LogP) is 3.78. The van der Waals surface area contributed by atoms with Crippen LogP contribution in [0.25, 0.3) is 11.3 Å². The van der Waals surface area contributed by atoms with E-state index in [0.29, 0.717) is 5.69 Å². The van der Waals surface area contributed by atoms with Gasteiger partial charge in [-0.25, -0.2) is 13.4 Å². The number of fused-ring (bicyclic) bond motifs is 1. The van der Waals surface area contributed by atoms with Crippen LogP contribution in [-0.2, 0) is 21.1 Å². The summed E-state index contributed by atoms with van der Waals surface area (Å²) in [6.07, 6.45) is 2.78. The topological polar surface area (TPSA) is 76.1 Å². The SMILES string of the molecule is O=C(CS(=O)(=O)c1nc(-c2ccccc2)cs1)N[C@@H]1CCCc2ccccc21. The highest BCUT2D eigenvalue weighted by molar-refractivity contribution is 7.94. The van der Waals surface area contributed by atoms with Crippen LogP contribution in [0.2, 0.25) is 0 Å². The van der Waals surface area contributed by atoms with Crippen LogP contribution in [0.1, 0.15) is 30.0 Å². The van der Waals surface area contributed by atoms with Gasteiger partial charge in [0.2, 0.25) is 20.1 Å². The van der Waals surface area contributed by atoms with E-state index < -0.39 is 21.5 Å². The first kappa shape index (κ1) is 18.8. The van der Waals surface area contributed by atoms with E-state index in [1.807, 2.05) is 48.5 Å². The molecule has 0 fully saturated rings. The van der Waals surface area contributed by atoms with E-state index in [4.69, 9.17) is 0 Å². The number of hydrogen-bond acceptors (Lipinski definition) is 5. The van der Waals surface area contributed by atoms with Crippen molar-refractivity contribution < 1.29 is 13.2 Å². The zero-order chi connectivity index (χ0) is 19.6. The Kier molecular flexibility index (Phi) is 5.28. The number of aryl methyl sites for hydroxylation is 1. The number of benzene rings is 2. The predicted molar refractivity (Wildman–Crippen MR) is 110 cm³/mol. The van der Waals surface area contributed by atoms with Crippen molar-refractivity contribution in [3.8, 4) is 11.3 Å². The molecule has 0 saturated carbocycles. The summed E-state index contributed by atoms with van der Waals surface area (Å²) >= 11 is 1.05. The summed E-state index contributed by atoms with van der Waals surface area (Å²) in [6.45, 7) is 0. The third-order valence-electron chi connectivity index (χ3n) is 4.84. The minimum atomic E-state index is -3.78. The minimum absolute atomic E-state index is 0.0226. The van der Waals surface area contributed by atoms with Crippen LogP contribution in [0.15, 0.2) is 64.3 Å². The molecule has 1 N–H and O–H groups in total. The molecule has 0 spiro atoms. The van der Waals surface area contributed by atoms with Gasteiger partial charge in [-0.05, 0) is 30.4 Å². The second-order valence-corrected chi connectivity index (χ2v) is 9.86. The largest absolute Gasteiger partial charge is 0.348 e. The molecular weight excluding hydrogens is 392 g/mol. The second kappa shape index (κ2) is 7.85. The Labute approximate surface area is 168 Å². The van der Waals surface area contributed by atoms with Crippen LogP contribution < -0.4 is 5.32 Å². The van der Waals surface area contributed by atoms with Crippen molar-refractivity contribution in [1.82, 2.24) is 10.3 Å². The lowest BCUT2D eigenvalue weighted by Crippen LogP contribution is -2.35. The molecule has 1 aliphatic rings. The summed E-state index contributed by atoms with van der Waals surface area (Å²) in [5.74, 6) is -1.08. The maximum atomic E-state index is 12.7. The fourth-order valence-corrected chi connectivity index (χ4v) is 5.77. The molecule has 0 unspecified atom stereocenters. The lowest BCUT2D eigenvalue weighted by molar-refractivity contribution is -0.119. The first-order chi connectivity index (χ1) is 13.5. The summed E-state index contributed by atoms with van der Waals surface area (Å²) in [5.41, 5.74) is 3.75. The van der Waals surface area contributed by atoms with Gasteiger partial charge in [0.25, 0.3) is 0 Å². The van der Waals surface area contributed by atoms with Gasteiger partial charge in [0, 0.05) is 10.9 Å². The molecule has 1 heterocycles. The fraction of sp³-hybridized carbons (Fsp3) is 0.238. The van der Waals surface area contributed by atoms with Gasteiger partial charge in [-0.15, -0.1) is 11.3 Å². The molecule has 3 aromatic rings. The molecule has 2 aromatic carbocycles. The maximum absolute atomic E-state index is 12.7. The molecular formula is C21H20N2O3S2. The van der Waals surface area contributed by atoms with E-state index >= 15 is 0 Å². The molecule has 1 amide bonds. The highest BCUT2D eigenvalue weighted by Gasteiger charge is 2.27. The Balaban J connectivity index is 1.47. The number of aromatic nitrogens is 1. The van der Waals surface area contributed by atoms with E-state index in [1.54, 1.807) is 5.38 Å². The van der Waals surface area contributed by atoms with Crippen LogP contribution in [0.3, 0.4) is 0 Å². The molecule has 1 aliphatic carbocycles. The van der Waals surface area contributed by atoms with Crippen molar-refractivity contribution in [2.75, 3.05) is 5.75 Å². The molecule has 0 bridgehead atoms. The Morgan fingerprint density at radius 2 is 1.86 bits per heavy atom. The number of amides is 1. The smallest absolute Gasteiger partial charge is 0.236 e. The lowest BCUT2D eigenvalue weighted by atomic mass is 9.88. The number of sulfone groups is 1. The van der Waals surface area contributed by atoms with Gasteiger partial charge in [0.05, 0.1) is 11.7 Å². The number of rotatable bonds is 5. The van der Waals surface area contributed by atoms with E-state index in [0.717, 1.165) is 41.7 Å². The van der Waals surface area contributed by atoms with Crippen LogP contribution in [0.5, 0.6) is 0 Å².